The van der Waals surface area contributed by atoms with E-state index in [4.69, 9.17) is 4.74 Å². The van der Waals surface area contributed by atoms with Crippen LogP contribution in [0.5, 0.6) is 0 Å². The van der Waals surface area contributed by atoms with E-state index >= 15 is 0 Å². The number of ether oxygens (including phenoxy) is 1. The summed E-state index contributed by atoms with van der Waals surface area (Å²) in [7, 11) is 0. The Morgan fingerprint density at radius 2 is 2.30 bits per heavy atom. The third-order valence-electron chi connectivity index (χ3n) is 1.22. The first-order valence-corrected chi connectivity index (χ1v) is 3.49. The van der Waals surface area contributed by atoms with Gasteiger partial charge in [0.2, 0.25) is 6.08 Å². The highest BCUT2D eigenvalue weighted by Gasteiger charge is 2.01. The van der Waals surface area contributed by atoms with Gasteiger partial charge in [-0.3, -0.25) is 0 Å². The highest BCUT2D eigenvalue weighted by Crippen LogP contribution is 1.95. The van der Waals surface area contributed by atoms with Crippen LogP contribution in [0.1, 0.15) is 20.3 Å². The molecule has 0 aliphatic carbocycles. The average molecular weight is 143 g/mol. The molecule has 58 valence electrons. The Bertz CT molecular complexity index is 119. The minimum Gasteiger partial charge on any atom is -0.379 e. The molecule has 0 aromatic rings. The summed E-state index contributed by atoms with van der Waals surface area (Å²) < 4.78 is 5.07. The number of carbonyl (C=O) groups excluding carboxylic acids is 1. The quantitative estimate of drug-likeness (QED) is 0.427. The van der Waals surface area contributed by atoms with Crippen molar-refractivity contribution in [2.24, 2.45) is 4.99 Å². The fourth-order valence-electron chi connectivity index (χ4n) is 0.575. The van der Waals surface area contributed by atoms with Crippen LogP contribution in [0.25, 0.3) is 0 Å². The maximum absolute atomic E-state index is 9.79. The normalized spacial score (nSPS) is 12.2. The topological polar surface area (TPSA) is 38.7 Å². The van der Waals surface area contributed by atoms with E-state index in [0.29, 0.717) is 13.2 Å². The number of rotatable bonds is 5. The molecule has 10 heavy (non-hydrogen) atoms. The van der Waals surface area contributed by atoms with Gasteiger partial charge in [-0.1, -0.05) is 6.92 Å². The first-order valence-electron chi connectivity index (χ1n) is 3.49. The Balaban J connectivity index is 3.49. The average Bonchev–Trinajstić information content (AvgIpc) is 1.98. The molecule has 0 aliphatic heterocycles. The van der Waals surface area contributed by atoms with Crippen molar-refractivity contribution in [1.82, 2.24) is 0 Å². The van der Waals surface area contributed by atoms with Gasteiger partial charge in [0, 0.05) is 6.61 Å². The molecule has 0 aromatic carbocycles. The summed E-state index contributed by atoms with van der Waals surface area (Å²) in [6.45, 7) is 5.08. The zero-order chi connectivity index (χ0) is 7.82. The van der Waals surface area contributed by atoms with E-state index in [1.807, 2.05) is 13.8 Å². The Hall–Kier alpha value is -0.660. The summed E-state index contributed by atoms with van der Waals surface area (Å²) in [5.74, 6) is 0. The fourth-order valence-corrected chi connectivity index (χ4v) is 0.575. The van der Waals surface area contributed by atoms with E-state index in [1.54, 1.807) is 0 Å². The van der Waals surface area contributed by atoms with E-state index < -0.39 is 0 Å². The second-order valence-corrected chi connectivity index (χ2v) is 1.94. The molecule has 0 bridgehead atoms. The fraction of sp³-hybridized carbons (Fsp3) is 0.857. The molecule has 0 radical (unpaired) electrons. The van der Waals surface area contributed by atoms with Gasteiger partial charge in [-0.2, -0.15) is 0 Å². The summed E-state index contributed by atoms with van der Waals surface area (Å²) in [6.07, 6.45) is 2.35. The maximum Gasteiger partial charge on any atom is 0.235 e. The van der Waals surface area contributed by atoms with Crippen LogP contribution < -0.4 is 0 Å². The van der Waals surface area contributed by atoms with Gasteiger partial charge in [-0.05, 0) is 13.3 Å². The van der Waals surface area contributed by atoms with Crippen LogP contribution in [0.2, 0.25) is 0 Å². The molecular formula is C7H13NO2. The molecular weight excluding hydrogens is 130 g/mol. The van der Waals surface area contributed by atoms with Crippen molar-refractivity contribution < 1.29 is 9.53 Å². The second-order valence-electron chi connectivity index (χ2n) is 1.94. The first kappa shape index (κ1) is 9.34. The number of isocyanates is 1. The van der Waals surface area contributed by atoms with Crippen molar-refractivity contribution in [3.05, 3.63) is 0 Å². The van der Waals surface area contributed by atoms with E-state index in [-0.39, 0.29) is 6.04 Å². The monoisotopic (exact) mass is 143 g/mol. The minimum atomic E-state index is -0.00236. The van der Waals surface area contributed by atoms with Crippen molar-refractivity contribution in [2.45, 2.75) is 26.3 Å². The standard InChI is InChI=1S/C7H13NO2/c1-3-7(8-6-9)5-10-4-2/h7H,3-5H2,1-2H3/t7-/m1/s1. The molecule has 0 fully saturated rings. The Labute approximate surface area is 61.1 Å². The summed E-state index contributed by atoms with van der Waals surface area (Å²) in [5, 5.41) is 0. The van der Waals surface area contributed by atoms with Crippen molar-refractivity contribution in [2.75, 3.05) is 13.2 Å². The molecule has 0 unspecified atom stereocenters. The SMILES string of the molecule is CCOC[C@@H](CC)N=C=O. The van der Waals surface area contributed by atoms with Gasteiger partial charge < -0.3 is 4.74 Å². The third-order valence-corrected chi connectivity index (χ3v) is 1.22. The molecule has 0 aliphatic rings. The smallest absolute Gasteiger partial charge is 0.235 e. The van der Waals surface area contributed by atoms with Crippen LogP contribution in [0, 0.1) is 0 Å². The molecule has 1 atom stereocenters. The molecule has 3 heteroatoms. The molecule has 0 N–H and O–H groups in total. The number of hydrogen-bond donors (Lipinski definition) is 0. The molecule has 0 rings (SSSR count). The van der Waals surface area contributed by atoms with Gasteiger partial charge >= 0.3 is 0 Å². The first-order chi connectivity index (χ1) is 4.85. The summed E-state index contributed by atoms with van der Waals surface area (Å²) in [5.41, 5.74) is 0. The predicted octanol–water partition coefficient (Wildman–Crippen LogP) is 1.14. The van der Waals surface area contributed by atoms with E-state index in [2.05, 4.69) is 4.99 Å². The molecule has 0 saturated carbocycles. The molecule has 3 nitrogen and oxygen atoms in total. The lowest BCUT2D eigenvalue weighted by Crippen LogP contribution is -2.11. The summed E-state index contributed by atoms with van der Waals surface area (Å²) >= 11 is 0. The van der Waals surface area contributed by atoms with Crippen LogP contribution in [-0.2, 0) is 9.53 Å². The zero-order valence-electron chi connectivity index (χ0n) is 6.46. The Morgan fingerprint density at radius 1 is 1.60 bits per heavy atom. The van der Waals surface area contributed by atoms with Crippen LogP contribution >= 0.6 is 0 Å². The van der Waals surface area contributed by atoms with E-state index in [9.17, 15) is 4.79 Å². The van der Waals surface area contributed by atoms with Crippen LogP contribution in [-0.4, -0.2) is 25.3 Å². The van der Waals surface area contributed by atoms with Gasteiger partial charge in [-0.15, -0.1) is 0 Å². The molecule has 0 aromatic heterocycles. The Morgan fingerprint density at radius 3 is 2.70 bits per heavy atom. The lowest BCUT2D eigenvalue weighted by molar-refractivity contribution is 0.132. The molecule has 0 saturated heterocycles. The Kier molecular flexibility index (Phi) is 6.03. The van der Waals surface area contributed by atoms with Gasteiger partial charge in [0.25, 0.3) is 0 Å². The predicted molar refractivity (Wildman–Crippen MR) is 38.7 cm³/mol. The lowest BCUT2D eigenvalue weighted by atomic mass is 10.2. The van der Waals surface area contributed by atoms with Crippen molar-refractivity contribution >= 4 is 6.08 Å². The van der Waals surface area contributed by atoms with E-state index in [1.165, 1.54) is 6.08 Å². The van der Waals surface area contributed by atoms with Gasteiger partial charge in [0.1, 0.15) is 0 Å². The van der Waals surface area contributed by atoms with Crippen molar-refractivity contribution in [1.29, 1.82) is 0 Å². The highest BCUT2D eigenvalue weighted by atomic mass is 16.5. The third kappa shape index (κ3) is 4.24. The zero-order valence-corrected chi connectivity index (χ0v) is 6.46. The lowest BCUT2D eigenvalue weighted by Gasteiger charge is -2.05. The minimum absolute atomic E-state index is 0.00236. The molecule has 0 heterocycles. The molecule has 0 amide bonds. The van der Waals surface area contributed by atoms with Gasteiger partial charge in [0.05, 0.1) is 12.6 Å². The van der Waals surface area contributed by atoms with Crippen molar-refractivity contribution in [3.63, 3.8) is 0 Å². The number of nitrogens with zero attached hydrogens (tertiary/aromatic N) is 1. The highest BCUT2D eigenvalue weighted by molar-refractivity contribution is 5.33. The van der Waals surface area contributed by atoms with Crippen LogP contribution in [0.15, 0.2) is 4.99 Å². The number of hydrogen-bond acceptors (Lipinski definition) is 3. The van der Waals surface area contributed by atoms with Gasteiger partial charge in [0.15, 0.2) is 0 Å². The second kappa shape index (κ2) is 6.46. The van der Waals surface area contributed by atoms with Crippen molar-refractivity contribution in [3.8, 4) is 0 Å². The van der Waals surface area contributed by atoms with Crippen LogP contribution in [0.3, 0.4) is 0 Å². The summed E-state index contributed by atoms with van der Waals surface area (Å²) in [4.78, 5) is 13.3. The largest absolute Gasteiger partial charge is 0.379 e. The summed E-state index contributed by atoms with van der Waals surface area (Å²) in [6, 6.07) is -0.00236. The van der Waals surface area contributed by atoms with E-state index in [0.717, 1.165) is 6.42 Å². The molecule has 0 spiro atoms. The van der Waals surface area contributed by atoms with Crippen LogP contribution in [0.4, 0.5) is 0 Å². The maximum atomic E-state index is 9.79. The number of aliphatic imine (C=N–C) groups is 1. The van der Waals surface area contributed by atoms with Gasteiger partial charge in [-0.25, -0.2) is 9.79 Å².